The van der Waals surface area contributed by atoms with E-state index in [9.17, 15) is 14.7 Å². The second-order valence-electron chi connectivity index (χ2n) is 8.77. The molecular formula is C27H26FN3O4S. The number of thiazole rings is 1. The number of aliphatic hydroxyl groups is 1. The zero-order valence-corrected chi connectivity index (χ0v) is 20.6. The van der Waals surface area contributed by atoms with Crippen molar-refractivity contribution in [2.45, 2.75) is 13.0 Å². The summed E-state index contributed by atoms with van der Waals surface area (Å²) in [6.07, 6.45) is 0. The van der Waals surface area contributed by atoms with Gasteiger partial charge in [0.15, 0.2) is 5.76 Å². The topological polar surface area (TPSA) is 83.0 Å². The lowest BCUT2D eigenvalue weighted by Gasteiger charge is -2.31. The monoisotopic (exact) mass is 507 g/mol. The Morgan fingerprint density at radius 3 is 2.53 bits per heavy atom. The largest absolute Gasteiger partial charge is 0.503 e. The van der Waals surface area contributed by atoms with Crippen LogP contribution in [0.2, 0.25) is 0 Å². The molecule has 7 nitrogen and oxygen atoms in total. The van der Waals surface area contributed by atoms with Gasteiger partial charge in [-0.3, -0.25) is 14.5 Å². The van der Waals surface area contributed by atoms with Crippen LogP contribution in [0.15, 0.2) is 65.9 Å². The lowest BCUT2D eigenvalue weighted by atomic mass is 9.94. The zero-order valence-electron chi connectivity index (χ0n) is 19.8. The Balaban J connectivity index is 1.51. The van der Waals surface area contributed by atoms with Gasteiger partial charge in [-0.1, -0.05) is 48.5 Å². The van der Waals surface area contributed by atoms with Gasteiger partial charge in [0.05, 0.1) is 35.4 Å². The van der Waals surface area contributed by atoms with Crippen LogP contribution in [-0.2, 0) is 9.53 Å². The van der Waals surface area contributed by atoms with Crippen LogP contribution in [0.25, 0.3) is 10.6 Å². The predicted octanol–water partition coefficient (Wildman–Crippen LogP) is 4.17. The minimum Gasteiger partial charge on any atom is -0.503 e. The number of aryl methyl sites for hydroxylation is 1. The molecule has 1 aromatic heterocycles. The standard InChI is InChI=1S/C27H26FN3O4S/c1-17-25(36-26(29-17)18-7-3-2-4-8-18)23(32)21-22(19-9-5-6-10-20(19)28)31(27(34)24(21)33)12-11-30-13-15-35-16-14-30/h2-10,22,33H,11-16H2,1H3/t22-/m1/s1. The molecule has 1 saturated heterocycles. The average Bonchev–Trinajstić information content (AvgIpc) is 3.41. The highest BCUT2D eigenvalue weighted by atomic mass is 32.1. The van der Waals surface area contributed by atoms with Crippen molar-refractivity contribution in [1.29, 1.82) is 0 Å². The van der Waals surface area contributed by atoms with Crippen LogP contribution in [0, 0.1) is 12.7 Å². The maximum atomic E-state index is 15.0. The van der Waals surface area contributed by atoms with Gasteiger partial charge in [0, 0.05) is 37.3 Å². The number of amides is 1. The number of rotatable bonds is 7. The van der Waals surface area contributed by atoms with E-state index >= 15 is 4.39 Å². The van der Waals surface area contributed by atoms with Crippen LogP contribution in [0.3, 0.4) is 0 Å². The lowest BCUT2D eigenvalue weighted by Crippen LogP contribution is -2.43. The predicted molar refractivity (Wildman–Crippen MR) is 134 cm³/mol. The van der Waals surface area contributed by atoms with E-state index in [0.717, 1.165) is 18.7 Å². The lowest BCUT2D eigenvalue weighted by molar-refractivity contribution is -0.129. The molecule has 1 amide bonds. The number of nitrogens with zero attached hydrogens (tertiary/aromatic N) is 3. The van der Waals surface area contributed by atoms with E-state index in [1.165, 1.54) is 22.3 Å². The summed E-state index contributed by atoms with van der Waals surface area (Å²) in [6, 6.07) is 14.5. The van der Waals surface area contributed by atoms with Crippen molar-refractivity contribution in [3.05, 3.63) is 87.9 Å². The summed E-state index contributed by atoms with van der Waals surface area (Å²) in [6.45, 7) is 5.12. The maximum Gasteiger partial charge on any atom is 0.290 e. The summed E-state index contributed by atoms with van der Waals surface area (Å²) in [4.78, 5) is 35.5. The maximum absolute atomic E-state index is 15.0. The van der Waals surface area contributed by atoms with Crippen LogP contribution >= 0.6 is 11.3 Å². The smallest absolute Gasteiger partial charge is 0.290 e. The number of benzene rings is 2. The molecule has 0 saturated carbocycles. The first-order valence-corrected chi connectivity index (χ1v) is 12.6. The van der Waals surface area contributed by atoms with Gasteiger partial charge < -0.3 is 14.7 Å². The van der Waals surface area contributed by atoms with Gasteiger partial charge in [-0.05, 0) is 13.0 Å². The van der Waals surface area contributed by atoms with Crippen LogP contribution < -0.4 is 0 Å². The number of halogens is 1. The SMILES string of the molecule is Cc1nc(-c2ccccc2)sc1C(=O)C1=C(O)C(=O)N(CCN2CCOCC2)[C@@H]1c1ccccc1F. The number of aliphatic hydroxyl groups excluding tert-OH is 1. The normalized spacial score (nSPS) is 18.8. The molecule has 0 bridgehead atoms. The number of hydrogen-bond acceptors (Lipinski definition) is 7. The first kappa shape index (κ1) is 24.3. The summed E-state index contributed by atoms with van der Waals surface area (Å²) in [5.74, 6) is -2.37. The summed E-state index contributed by atoms with van der Waals surface area (Å²) < 4.78 is 20.4. The molecule has 186 valence electrons. The molecule has 0 radical (unpaired) electrons. The Kier molecular flexibility index (Phi) is 6.95. The summed E-state index contributed by atoms with van der Waals surface area (Å²) in [7, 11) is 0. The quantitative estimate of drug-likeness (QED) is 0.484. The van der Waals surface area contributed by atoms with Gasteiger partial charge in [-0.2, -0.15) is 0 Å². The van der Waals surface area contributed by atoms with E-state index in [1.807, 2.05) is 30.3 Å². The van der Waals surface area contributed by atoms with Crippen LogP contribution in [0.5, 0.6) is 0 Å². The van der Waals surface area contributed by atoms with Crippen LogP contribution in [-0.4, -0.2) is 71.0 Å². The van der Waals surface area contributed by atoms with E-state index in [0.29, 0.717) is 35.3 Å². The third-order valence-corrected chi connectivity index (χ3v) is 7.74. The highest BCUT2D eigenvalue weighted by molar-refractivity contribution is 7.17. The number of carbonyl (C=O) groups excluding carboxylic acids is 2. The minimum atomic E-state index is -1.03. The minimum absolute atomic E-state index is 0.113. The molecule has 1 atom stereocenters. The van der Waals surface area contributed by atoms with Crippen molar-refractivity contribution in [1.82, 2.24) is 14.8 Å². The van der Waals surface area contributed by atoms with Gasteiger partial charge in [0.2, 0.25) is 5.78 Å². The first-order chi connectivity index (χ1) is 17.5. The van der Waals surface area contributed by atoms with Crippen molar-refractivity contribution in [3.63, 3.8) is 0 Å². The number of ether oxygens (including phenoxy) is 1. The molecule has 2 aliphatic rings. The van der Waals surface area contributed by atoms with Crippen molar-refractivity contribution in [3.8, 4) is 10.6 Å². The van der Waals surface area contributed by atoms with Crippen molar-refractivity contribution in [2.75, 3.05) is 39.4 Å². The molecule has 3 heterocycles. The van der Waals surface area contributed by atoms with Crippen molar-refractivity contribution < 1.29 is 23.8 Å². The molecule has 2 aliphatic heterocycles. The van der Waals surface area contributed by atoms with E-state index < -0.39 is 29.3 Å². The Morgan fingerprint density at radius 2 is 1.81 bits per heavy atom. The number of aromatic nitrogens is 1. The number of hydrogen-bond donors (Lipinski definition) is 1. The fourth-order valence-corrected chi connectivity index (χ4v) is 5.67. The van der Waals surface area contributed by atoms with Crippen molar-refractivity contribution in [2.24, 2.45) is 0 Å². The molecule has 9 heteroatoms. The zero-order chi connectivity index (χ0) is 25.2. The molecular weight excluding hydrogens is 481 g/mol. The molecule has 36 heavy (non-hydrogen) atoms. The van der Waals surface area contributed by atoms with Gasteiger partial charge >= 0.3 is 0 Å². The molecule has 1 N–H and O–H groups in total. The molecule has 3 aromatic rings. The first-order valence-electron chi connectivity index (χ1n) is 11.8. The highest BCUT2D eigenvalue weighted by Gasteiger charge is 2.45. The average molecular weight is 508 g/mol. The molecule has 1 fully saturated rings. The van der Waals surface area contributed by atoms with E-state index in [4.69, 9.17) is 4.74 Å². The number of morpholine rings is 1. The third-order valence-electron chi connectivity index (χ3n) is 6.53. The van der Waals surface area contributed by atoms with Gasteiger partial charge in [-0.25, -0.2) is 9.37 Å². The Hall–Kier alpha value is -3.40. The molecule has 0 spiro atoms. The highest BCUT2D eigenvalue weighted by Crippen LogP contribution is 2.41. The van der Waals surface area contributed by atoms with Crippen LogP contribution in [0.4, 0.5) is 4.39 Å². The number of carbonyl (C=O) groups is 2. The Morgan fingerprint density at radius 1 is 1.11 bits per heavy atom. The fourth-order valence-electron chi connectivity index (χ4n) is 4.64. The summed E-state index contributed by atoms with van der Waals surface area (Å²) in [5, 5.41) is 11.6. The Labute approximate surface area is 212 Å². The summed E-state index contributed by atoms with van der Waals surface area (Å²) in [5.41, 5.74) is 1.42. The third kappa shape index (κ3) is 4.57. The Bertz CT molecular complexity index is 1320. The second kappa shape index (κ2) is 10.3. The molecule has 2 aromatic carbocycles. The van der Waals surface area contributed by atoms with Crippen LogP contribution in [0.1, 0.15) is 27.0 Å². The van der Waals surface area contributed by atoms with Gasteiger partial charge in [0.1, 0.15) is 10.8 Å². The fraction of sp³-hybridized carbons (Fsp3) is 0.296. The second-order valence-corrected chi connectivity index (χ2v) is 9.77. The van der Waals surface area contributed by atoms with Gasteiger partial charge in [-0.15, -0.1) is 11.3 Å². The molecule has 0 aliphatic carbocycles. The molecule has 5 rings (SSSR count). The van der Waals surface area contributed by atoms with E-state index in [2.05, 4.69) is 9.88 Å². The number of Topliss-reactive ketones (excluding diaryl/α,β-unsaturated/α-hetero) is 1. The summed E-state index contributed by atoms with van der Waals surface area (Å²) >= 11 is 1.20. The van der Waals surface area contributed by atoms with Crippen molar-refractivity contribution >= 4 is 23.0 Å². The molecule has 0 unspecified atom stereocenters. The van der Waals surface area contributed by atoms with E-state index in [1.54, 1.807) is 25.1 Å². The number of ketones is 1. The van der Waals surface area contributed by atoms with Gasteiger partial charge in [0.25, 0.3) is 5.91 Å². The van der Waals surface area contributed by atoms with E-state index in [-0.39, 0.29) is 17.7 Å².